The molecular formula is C15H23FN2O3S. The Bertz CT molecular complexity index is 613. The summed E-state index contributed by atoms with van der Waals surface area (Å²) >= 11 is 0. The van der Waals surface area contributed by atoms with Gasteiger partial charge in [0.25, 0.3) is 0 Å². The maximum Gasteiger partial charge on any atom is 0.243 e. The van der Waals surface area contributed by atoms with Crippen LogP contribution in [-0.2, 0) is 14.8 Å². The number of aryl methyl sites for hydroxylation is 1. The molecule has 1 aliphatic heterocycles. The predicted molar refractivity (Wildman–Crippen MR) is 82.8 cm³/mol. The van der Waals surface area contributed by atoms with Gasteiger partial charge in [0.05, 0.1) is 11.5 Å². The second-order valence-electron chi connectivity index (χ2n) is 5.66. The summed E-state index contributed by atoms with van der Waals surface area (Å²) in [6.07, 6.45) is 0. The van der Waals surface area contributed by atoms with Gasteiger partial charge in [0.1, 0.15) is 5.82 Å². The molecule has 1 aromatic rings. The lowest BCUT2D eigenvalue weighted by atomic mass is 10.2. The summed E-state index contributed by atoms with van der Waals surface area (Å²) in [7, 11) is -1.89. The fourth-order valence-electron chi connectivity index (χ4n) is 2.66. The number of sulfonamides is 1. The van der Waals surface area contributed by atoms with Crippen molar-refractivity contribution in [2.75, 3.05) is 39.9 Å². The summed E-state index contributed by atoms with van der Waals surface area (Å²) < 4.78 is 45.1. The molecule has 124 valence electrons. The molecule has 1 heterocycles. The van der Waals surface area contributed by atoms with Crippen molar-refractivity contribution in [1.82, 2.24) is 9.21 Å². The van der Waals surface area contributed by atoms with Gasteiger partial charge in [-0.3, -0.25) is 4.90 Å². The van der Waals surface area contributed by atoms with Crippen LogP contribution in [0.5, 0.6) is 0 Å². The molecule has 1 aliphatic rings. The number of hydrogen-bond donors (Lipinski definition) is 0. The van der Waals surface area contributed by atoms with E-state index in [9.17, 15) is 12.8 Å². The molecule has 1 fully saturated rings. The zero-order valence-corrected chi connectivity index (χ0v) is 14.1. The maximum absolute atomic E-state index is 13.3. The zero-order valence-electron chi connectivity index (χ0n) is 13.3. The van der Waals surface area contributed by atoms with Crippen LogP contribution in [-0.4, -0.2) is 63.6 Å². The van der Waals surface area contributed by atoms with Crippen LogP contribution in [0.25, 0.3) is 0 Å². The molecule has 1 aromatic carbocycles. The third kappa shape index (κ3) is 3.65. The quantitative estimate of drug-likeness (QED) is 0.820. The number of hydrogen-bond acceptors (Lipinski definition) is 4. The monoisotopic (exact) mass is 330 g/mol. The summed E-state index contributed by atoms with van der Waals surface area (Å²) in [5.74, 6) is -0.392. The van der Waals surface area contributed by atoms with Crippen LogP contribution in [0.4, 0.5) is 4.39 Å². The zero-order chi connectivity index (χ0) is 16.3. The molecule has 0 N–H and O–H groups in total. The van der Waals surface area contributed by atoms with E-state index in [1.54, 1.807) is 14.0 Å². The van der Waals surface area contributed by atoms with E-state index in [0.29, 0.717) is 38.3 Å². The predicted octanol–water partition coefficient (Wildman–Crippen LogP) is 1.48. The van der Waals surface area contributed by atoms with Crippen LogP contribution in [0.3, 0.4) is 0 Å². The van der Waals surface area contributed by atoms with Crippen LogP contribution < -0.4 is 0 Å². The average molecular weight is 330 g/mol. The summed E-state index contributed by atoms with van der Waals surface area (Å²) in [6, 6.07) is 4.20. The van der Waals surface area contributed by atoms with Gasteiger partial charge in [-0.2, -0.15) is 4.31 Å². The van der Waals surface area contributed by atoms with Gasteiger partial charge in [-0.05, 0) is 37.6 Å². The molecule has 0 saturated carbocycles. The largest absolute Gasteiger partial charge is 0.383 e. The van der Waals surface area contributed by atoms with Gasteiger partial charge in [-0.25, -0.2) is 12.8 Å². The number of nitrogens with zero attached hydrogens (tertiary/aromatic N) is 2. The first-order valence-corrected chi connectivity index (χ1v) is 8.79. The fourth-order valence-corrected chi connectivity index (χ4v) is 4.17. The third-order valence-corrected chi connectivity index (χ3v) is 5.97. The lowest BCUT2D eigenvalue weighted by Crippen LogP contribution is -2.52. The van der Waals surface area contributed by atoms with Crippen LogP contribution in [0.15, 0.2) is 23.1 Å². The topological polar surface area (TPSA) is 49.9 Å². The summed E-state index contributed by atoms with van der Waals surface area (Å²) in [4.78, 5) is 2.37. The Morgan fingerprint density at radius 2 is 1.91 bits per heavy atom. The maximum atomic E-state index is 13.3. The number of methoxy groups -OCH3 is 1. The van der Waals surface area contributed by atoms with Crippen molar-refractivity contribution in [3.05, 3.63) is 29.6 Å². The lowest BCUT2D eigenvalue weighted by molar-refractivity contribution is 0.0766. The van der Waals surface area contributed by atoms with Crippen molar-refractivity contribution in [3.63, 3.8) is 0 Å². The van der Waals surface area contributed by atoms with Crippen LogP contribution in [0, 0.1) is 12.7 Å². The van der Waals surface area contributed by atoms with E-state index in [1.807, 2.05) is 0 Å². The minimum Gasteiger partial charge on any atom is -0.383 e. The van der Waals surface area contributed by atoms with E-state index < -0.39 is 15.8 Å². The van der Waals surface area contributed by atoms with Gasteiger partial charge in [0, 0.05) is 39.3 Å². The number of halogens is 1. The molecule has 0 aliphatic carbocycles. The first kappa shape index (κ1) is 17.3. The molecule has 2 rings (SSSR count). The summed E-state index contributed by atoms with van der Waals surface area (Å²) in [6.45, 7) is 6.48. The lowest BCUT2D eigenvalue weighted by Gasteiger charge is -2.37. The Labute approximate surface area is 131 Å². The number of piperazine rings is 1. The Morgan fingerprint density at radius 3 is 2.45 bits per heavy atom. The smallest absolute Gasteiger partial charge is 0.243 e. The molecule has 0 radical (unpaired) electrons. The van der Waals surface area contributed by atoms with Crippen molar-refractivity contribution in [2.45, 2.75) is 24.8 Å². The number of rotatable bonds is 5. The third-order valence-electron chi connectivity index (χ3n) is 4.07. The van der Waals surface area contributed by atoms with E-state index in [0.717, 1.165) is 0 Å². The molecule has 0 spiro atoms. The highest BCUT2D eigenvalue weighted by Gasteiger charge is 2.30. The molecule has 0 unspecified atom stereocenters. The summed E-state index contributed by atoms with van der Waals surface area (Å²) in [5.41, 5.74) is 0.341. The second kappa shape index (κ2) is 7.04. The van der Waals surface area contributed by atoms with Crippen molar-refractivity contribution in [2.24, 2.45) is 0 Å². The van der Waals surface area contributed by atoms with E-state index in [-0.39, 0.29) is 10.9 Å². The van der Waals surface area contributed by atoms with Gasteiger partial charge in [-0.1, -0.05) is 0 Å². The second-order valence-corrected chi connectivity index (χ2v) is 7.59. The first-order valence-electron chi connectivity index (χ1n) is 7.35. The molecule has 0 aromatic heterocycles. The number of ether oxygens (including phenoxy) is 1. The standard InChI is InChI=1S/C15H23FN2O3S/c1-12-10-14(4-5-15(12)16)22(19,20)18-8-6-17(7-9-18)13(2)11-21-3/h4-5,10,13H,6-9,11H2,1-3H3/t13-/m1/s1. The summed E-state index contributed by atoms with van der Waals surface area (Å²) in [5, 5.41) is 0. The Balaban J connectivity index is 2.07. The highest BCUT2D eigenvalue weighted by Crippen LogP contribution is 2.20. The Morgan fingerprint density at radius 1 is 1.27 bits per heavy atom. The molecule has 7 heteroatoms. The molecule has 1 saturated heterocycles. The van der Waals surface area contributed by atoms with E-state index in [2.05, 4.69) is 11.8 Å². The fraction of sp³-hybridized carbons (Fsp3) is 0.600. The van der Waals surface area contributed by atoms with E-state index in [1.165, 1.54) is 22.5 Å². The molecular weight excluding hydrogens is 307 g/mol. The Hall–Kier alpha value is -1.02. The minimum atomic E-state index is -3.55. The van der Waals surface area contributed by atoms with Gasteiger partial charge in [-0.15, -0.1) is 0 Å². The van der Waals surface area contributed by atoms with Gasteiger partial charge < -0.3 is 4.74 Å². The van der Waals surface area contributed by atoms with Gasteiger partial charge in [0.15, 0.2) is 0 Å². The van der Waals surface area contributed by atoms with E-state index in [4.69, 9.17) is 4.74 Å². The highest BCUT2D eigenvalue weighted by atomic mass is 32.2. The molecule has 0 bridgehead atoms. The normalized spacial score (nSPS) is 19.3. The van der Waals surface area contributed by atoms with Crippen LogP contribution in [0.2, 0.25) is 0 Å². The van der Waals surface area contributed by atoms with Crippen molar-refractivity contribution < 1.29 is 17.5 Å². The van der Waals surface area contributed by atoms with Crippen LogP contribution >= 0.6 is 0 Å². The Kier molecular flexibility index (Phi) is 5.55. The van der Waals surface area contributed by atoms with Crippen molar-refractivity contribution >= 4 is 10.0 Å². The molecule has 0 amide bonds. The van der Waals surface area contributed by atoms with Crippen molar-refractivity contribution in [1.29, 1.82) is 0 Å². The average Bonchev–Trinajstić information content (AvgIpc) is 2.50. The van der Waals surface area contributed by atoms with Gasteiger partial charge in [0.2, 0.25) is 10.0 Å². The van der Waals surface area contributed by atoms with E-state index >= 15 is 0 Å². The van der Waals surface area contributed by atoms with Crippen molar-refractivity contribution in [3.8, 4) is 0 Å². The first-order chi connectivity index (χ1) is 10.4. The minimum absolute atomic E-state index is 0.157. The molecule has 22 heavy (non-hydrogen) atoms. The van der Waals surface area contributed by atoms with Gasteiger partial charge >= 0.3 is 0 Å². The molecule has 1 atom stereocenters. The SMILES string of the molecule is COC[C@@H](C)N1CCN(S(=O)(=O)c2ccc(F)c(C)c2)CC1. The highest BCUT2D eigenvalue weighted by molar-refractivity contribution is 7.89. The molecule has 5 nitrogen and oxygen atoms in total. The van der Waals surface area contributed by atoms with Crippen LogP contribution in [0.1, 0.15) is 12.5 Å². The number of benzene rings is 1.